The molecule has 0 unspecified atom stereocenters. The fraction of sp³-hybridized carbons (Fsp3) is 0.263. The molecule has 0 spiro atoms. The van der Waals surface area contributed by atoms with Gasteiger partial charge in [0.05, 0.1) is 13.5 Å². The molecule has 2 aromatic rings. The highest BCUT2D eigenvalue weighted by Gasteiger charge is 2.18. The summed E-state index contributed by atoms with van der Waals surface area (Å²) < 4.78 is 10.2. The normalized spacial score (nSPS) is 11.5. The van der Waals surface area contributed by atoms with Gasteiger partial charge in [-0.05, 0) is 42.3 Å². The van der Waals surface area contributed by atoms with Crippen LogP contribution >= 0.6 is 23.2 Å². The Balaban J connectivity index is 1.82. The molecule has 2 aromatic carbocycles. The van der Waals surface area contributed by atoms with Crippen molar-refractivity contribution in [2.45, 2.75) is 26.0 Å². The number of hydrogen-bond acceptors (Lipinski definition) is 4. The molecule has 0 heterocycles. The summed E-state index contributed by atoms with van der Waals surface area (Å²) in [5.74, 6) is -0.180. The van der Waals surface area contributed by atoms with E-state index in [9.17, 15) is 9.59 Å². The number of nitrogens with one attached hydrogen (secondary N) is 1. The van der Waals surface area contributed by atoms with Crippen LogP contribution in [0.2, 0.25) is 10.0 Å². The Morgan fingerprint density at radius 3 is 2.42 bits per heavy atom. The number of ether oxygens (including phenoxy) is 2. The van der Waals surface area contributed by atoms with Gasteiger partial charge in [-0.3, -0.25) is 9.59 Å². The van der Waals surface area contributed by atoms with Gasteiger partial charge in [-0.25, -0.2) is 0 Å². The summed E-state index contributed by atoms with van der Waals surface area (Å²) in [7, 11) is 1.59. The lowest BCUT2D eigenvalue weighted by Gasteiger charge is -2.14. The van der Waals surface area contributed by atoms with Crippen LogP contribution in [0.5, 0.6) is 5.75 Å². The summed E-state index contributed by atoms with van der Waals surface area (Å²) in [4.78, 5) is 24.1. The van der Waals surface area contributed by atoms with Crippen molar-refractivity contribution < 1.29 is 19.1 Å². The molecule has 0 aliphatic heterocycles. The monoisotopic (exact) mass is 395 g/mol. The van der Waals surface area contributed by atoms with Crippen molar-refractivity contribution in [1.82, 2.24) is 5.32 Å². The Hall–Kier alpha value is -2.24. The molecule has 0 aliphatic rings. The van der Waals surface area contributed by atoms with E-state index in [1.807, 2.05) is 12.1 Å². The van der Waals surface area contributed by atoms with Crippen LogP contribution in [0.4, 0.5) is 0 Å². The lowest BCUT2D eigenvalue weighted by Crippen LogP contribution is -2.35. The third-order valence-corrected chi connectivity index (χ3v) is 4.24. The smallest absolute Gasteiger partial charge is 0.311 e. The van der Waals surface area contributed by atoms with Crippen molar-refractivity contribution in [3.05, 3.63) is 63.6 Å². The highest BCUT2D eigenvalue weighted by Crippen LogP contribution is 2.21. The number of carbonyl (C=O) groups is 2. The molecule has 5 nitrogen and oxygen atoms in total. The predicted octanol–water partition coefficient (Wildman–Crippen LogP) is 3.79. The zero-order valence-electron chi connectivity index (χ0n) is 14.4. The summed E-state index contributed by atoms with van der Waals surface area (Å²) in [6.45, 7) is 1.85. The van der Waals surface area contributed by atoms with E-state index in [4.69, 9.17) is 32.7 Å². The number of amides is 1. The number of hydrogen-bond donors (Lipinski definition) is 1. The van der Waals surface area contributed by atoms with Crippen LogP contribution in [0.25, 0.3) is 0 Å². The van der Waals surface area contributed by atoms with E-state index in [1.54, 1.807) is 37.4 Å². The maximum atomic E-state index is 12.1. The van der Waals surface area contributed by atoms with E-state index < -0.39 is 12.1 Å². The minimum absolute atomic E-state index is 0.0356. The van der Waals surface area contributed by atoms with Crippen molar-refractivity contribution in [1.29, 1.82) is 0 Å². The van der Waals surface area contributed by atoms with E-state index in [0.717, 1.165) is 11.3 Å². The number of rotatable bonds is 7. The summed E-state index contributed by atoms with van der Waals surface area (Å²) in [6.07, 6.45) is -0.946. The first-order chi connectivity index (χ1) is 12.4. The average Bonchev–Trinajstić information content (AvgIpc) is 2.62. The Kier molecular flexibility index (Phi) is 7.30. The maximum Gasteiger partial charge on any atom is 0.311 e. The van der Waals surface area contributed by atoms with Gasteiger partial charge in [0.1, 0.15) is 5.75 Å². The lowest BCUT2D eigenvalue weighted by atomic mass is 10.1. The number of halogens is 2. The first-order valence-corrected chi connectivity index (χ1v) is 8.68. The van der Waals surface area contributed by atoms with Gasteiger partial charge in [0, 0.05) is 16.6 Å². The van der Waals surface area contributed by atoms with Crippen molar-refractivity contribution in [3.63, 3.8) is 0 Å². The third-order valence-electron chi connectivity index (χ3n) is 3.65. The molecule has 0 fully saturated rings. The van der Waals surface area contributed by atoms with Gasteiger partial charge in [0.15, 0.2) is 6.10 Å². The molecule has 0 saturated heterocycles. The minimum Gasteiger partial charge on any atom is -0.497 e. The van der Waals surface area contributed by atoms with Crippen LogP contribution in [0.3, 0.4) is 0 Å². The maximum absolute atomic E-state index is 12.1. The van der Waals surface area contributed by atoms with Gasteiger partial charge in [0.25, 0.3) is 5.91 Å². The Labute approximate surface area is 162 Å². The second kappa shape index (κ2) is 9.46. The van der Waals surface area contributed by atoms with Crippen molar-refractivity contribution in [2.24, 2.45) is 0 Å². The van der Waals surface area contributed by atoms with E-state index in [0.29, 0.717) is 22.2 Å². The molecule has 138 valence electrons. The molecule has 0 radical (unpaired) electrons. The number of benzene rings is 2. The van der Waals surface area contributed by atoms with Crippen LogP contribution in [-0.2, 0) is 27.3 Å². The summed E-state index contributed by atoms with van der Waals surface area (Å²) in [5, 5.41) is 3.59. The lowest BCUT2D eigenvalue weighted by molar-refractivity contribution is -0.154. The fourth-order valence-electron chi connectivity index (χ4n) is 2.19. The topological polar surface area (TPSA) is 64.6 Å². The highest BCUT2D eigenvalue weighted by atomic mass is 35.5. The molecule has 1 atom stereocenters. The number of methoxy groups -OCH3 is 1. The molecule has 7 heteroatoms. The SMILES string of the molecule is COc1ccc(CNC(=O)[C@@H](C)OC(=O)Cc2ccc(Cl)cc2Cl)cc1. The van der Waals surface area contributed by atoms with Crippen molar-refractivity contribution >= 4 is 35.1 Å². The summed E-state index contributed by atoms with van der Waals surface area (Å²) >= 11 is 11.9. The number of esters is 1. The van der Waals surface area contributed by atoms with E-state index in [-0.39, 0.29) is 12.3 Å². The van der Waals surface area contributed by atoms with E-state index >= 15 is 0 Å². The van der Waals surface area contributed by atoms with Crippen molar-refractivity contribution in [3.8, 4) is 5.75 Å². The molecule has 26 heavy (non-hydrogen) atoms. The minimum atomic E-state index is -0.910. The molecule has 0 aromatic heterocycles. The number of carbonyl (C=O) groups excluding carboxylic acids is 2. The average molecular weight is 396 g/mol. The Morgan fingerprint density at radius 1 is 1.12 bits per heavy atom. The second-order valence-corrected chi connectivity index (χ2v) is 6.45. The van der Waals surface area contributed by atoms with Crippen LogP contribution < -0.4 is 10.1 Å². The summed E-state index contributed by atoms with van der Waals surface area (Å²) in [5.41, 5.74) is 1.50. The Morgan fingerprint density at radius 2 is 1.81 bits per heavy atom. The van der Waals surface area contributed by atoms with Gasteiger partial charge in [0.2, 0.25) is 0 Å². The van der Waals surface area contributed by atoms with Gasteiger partial charge in [-0.2, -0.15) is 0 Å². The standard InChI is InChI=1S/C19H19Cl2NO4/c1-12(19(24)22-11-13-3-7-16(25-2)8-4-13)26-18(23)9-14-5-6-15(20)10-17(14)21/h3-8,10,12H,9,11H2,1-2H3,(H,22,24)/t12-/m1/s1. The summed E-state index contributed by atoms with van der Waals surface area (Å²) in [6, 6.07) is 12.1. The quantitative estimate of drug-likeness (QED) is 0.724. The van der Waals surface area contributed by atoms with Crippen LogP contribution in [0, 0.1) is 0 Å². The zero-order valence-corrected chi connectivity index (χ0v) is 15.9. The first kappa shape index (κ1) is 20.1. The molecule has 0 saturated carbocycles. The van der Waals surface area contributed by atoms with Crippen LogP contribution in [0.15, 0.2) is 42.5 Å². The predicted molar refractivity (Wildman–Crippen MR) is 101 cm³/mol. The molecular weight excluding hydrogens is 377 g/mol. The molecule has 0 aliphatic carbocycles. The van der Waals surface area contributed by atoms with Gasteiger partial charge in [-0.15, -0.1) is 0 Å². The fourth-order valence-corrected chi connectivity index (χ4v) is 2.66. The first-order valence-electron chi connectivity index (χ1n) is 7.93. The zero-order chi connectivity index (χ0) is 19.1. The highest BCUT2D eigenvalue weighted by molar-refractivity contribution is 6.35. The molecular formula is C19H19Cl2NO4. The van der Waals surface area contributed by atoms with Gasteiger partial charge in [-0.1, -0.05) is 41.4 Å². The van der Waals surface area contributed by atoms with Gasteiger partial charge >= 0.3 is 5.97 Å². The third kappa shape index (κ3) is 5.93. The van der Waals surface area contributed by atoms with Crippen LogP contribution in [0.1, 0.15) is 18.1 Å². The largest absolute Gasteiger partial charge is 0.497 e. The molecule has 0 bridgehead atoms. The molecule has 2 rings (SSSR count). The molecule has 1 N–H and O–H groups in total. The van der Waals surface area contributed by atoms with Gasteiger partial charge < -0.3 is 14.8 Å². The van der Waals surface area contributed by atoms with E-state index in [1.165, 1.54) is 6.92 Å². The second-order valence-electron chi connectivity index (χ2n) is 5.61. The Bertz CT molecular complexity index is 778. The van der Waals surface area contributed by atoms with Crippen molar-refractivity contribution in [2.75, 3.05) is 7.11 Å². The van der Waals surface area contributed by atoms with E-state index in [2.05, 4.69) is 5.32 Å². The molecule has 1 amide bonds. The van der Waals surface area contributed by atoms with Crippen LogP contribution in [-0.4, -0.2) is 25.1 Å².